The fourth-order valence-corrected chi connectivity index (χ4v) is 4.77. The zero-order valence-corrected chi connectivity index (χ0v) is 23.8. The predicted octanol–water partition coefficient (Wildman–Crippen LogP) is 6.79. The fourth-order valence-electron chi connectivity index (χ4n) is 4.77. The van der Waals surface area contributed by atoms with Crippen LogP contribution in [0.2, 0.25) is 0 Å². The van der Waals surface area contributed by atoms with Gasteiger partial charge >= 0.3 is 6.18 Å². The molecular formula is C34H33F3N2O4. The van der Waals surface area contributed by atoms with E-state index in [1.807, 2.05) is 60.7 Å². The monoisotopic (exact) mass is 590 g/mol. The van der Waals surface area contributed by atoms with E-state index in [-0.39, 0.29) is 12.4 Å². The molecule has 224 valence electrons. The van der Waals surface area contributed by atoms with E-state index in [1.54, 1.807) is 43.3 Å². The van der Waals surface area contributed by atoms with Crippen LogP contribution in [-0.4, -0.2) is 43.4 Å². The average molecular weight is 591 g/mol. The zero-order valence-electron chi connectivity index (χ0n) is 23.8. The molecule has 0 saturated heterocycles. The van der Waals surface area contributed by atoms with Crippen molar-refractivity contribution in [3.63, 3.8) is 0 Å². The number of alkyl halides is 3. The molecule has 0 fully saturated rings. The Balaban J connectivity index is 1.94. The number of benzene rings is 4. The summed E-state index contributed by atoms with van der Waals surface area (Å²) in [4.78, 5) is 6.24. The molecule has 0 aliphatic heterocycles. The maximum atomic E-state index is 13.4. The van der Waals surface area contributed by atoms with Crippen molar-refractivity contribution in [1.29, 1.82) is 0 Å². The average Bonchev–Trinajstić information content (AvgIpc) is 3.04. The summed E-state index contributed by atoms with van der Waals surface area (Å²) in [5.74, 6) is 0.807. The van der Waals surface area contributed by atoms with E-state index in [2.05, 4.69) is 4.99 Å². The van der Waals surface area contributed by atoms with Gasteiger partial charge < -0.3 is 24.6 Å². The third kappa shape index (κ3) is 7.82. The van der Waals surface area contributed by atoms with Crippen LogP contribution >= 0.6 is 0 Å². The molecule has 0 heterocycles. The van der Waals surface area contributed by atoms with Crippen molar-refractivity contribution in [2.45, 2.75) is 18.8 Å². The lowest BCUT2D eigenvalue weighted by Crippen LogP contribution is -2.31. The molecule has 0 aliphatic rings. The van der Waals surface area contributed by atoms with Gasteiger partial charge in [0.15, 0.2) is 0 Å². The molecule has 9 heteroatoms. The Labute approximate surface area is 249 Å². The van der Waals surface area contributed by atoms with Gasteiger partial charge in [-0.2, -0.15) is 13.2 Å². The van der Waals surface area contributed by atoms with Crippen LogP contribution in [0.15, 0.2) is 126 Å². The van der Waals surface area contributed by atoms with Crippen LogP contribution in [0.5, 0.6) is 5.75 Å². The van der Waals surface area contributed by atoms with E-state index in [0.29, 0.717) is 28.3 Å². The standard InChI is InChI=1S/C34H33F3N2O4/c1-39(28-17-15-27(16-18-28)34(35,36)37)33(26-11-7-4-8-12-26)31(30(21-40)43-22-24-9-5-3-6-10-24)32(38-23-41)25-13-19-29(42-2)20-14-25/h3-20,33,40-41H,21-23H2,1-2H3/b31-30+,38-32?. The molecule has 0 bridgehead atoms. The molecule has 6 nitrogen and oxygen atoms in total. The Kier molecular flexibility index (Phi) is 10.6. The maximum Gasteiger partial charge on any atom is 0.416 e. The molecule has 4 aromatic carbocycles. The lowest BCUT2D eigenvalue weighted by Gasteiger charge is -2.34. The highest BCUT2D eigenvalue weighted by atomic mass is 19.4. The fraction of sp³-hybridized carbons (Fsp3) is 0.206. The number of nitrogens with zero attached hydrogens (tertiary/aromatic N) is 2. The first kappa shape index (κ1) is 31.3. The number of hydrogen-bond donors (Lipinski definition) is 2. The molecule has 2 N–H and O–H groups in total. The lowest BCUT2D eigenvalue weighted by molar-refractivity contribution is -0.137. The second-order valence-corrected chi connectivity index (χ2v) is 9.61. The smallest absolute Gasteiger partial charge is 0.416 e. The third-order valence-electron chi connectivity index (χ3n) is 6.93. The van der Waals surface area contributed by atoms with Crippen LogP contribution in [0.4, 0.5) is 18.9 Å². The number of aliphatic imine (C=N–C) groups is 1. The first-order valence-electron chi connectivity index (χ1n) is 13.5. The van der Waals surface area contributed by atoms with Crippen LogP contribution in [0.1, 0.15) is 28.3 Å². The third-order valence-corrected chi connectivity index (χ3v) is 6.93. The number of aliphatic hydroxyl groups is 2. The number of aliphatic hydroxyl groups excluding tert-OH is 2. The van der Waals surface area contributed by atoms with Gasteiger partial charge in [0.25, 0.3) is 0 Å². The first-order valence-corrected chi connectivity index (χ1v) is 13.5. The SMILES string of the molecule is COc1ccc(C(=NCO)/C(=C(/CO)OCc2ccccc2)C(c2ccccc2)N(C)c2ccc(C(F)(F)F)cc2)cc1. The number of anilines is 1. The molecule has 4 rings (SSSR count). The van der Waals surface area contributed by atoms with Gasteiger partial charge in [0.2, 0.25) is 0 Å². The van der Waals surface area contributed by atoms with Crippen molar-refractivity contribution in [1.82, 2.24) is 0 Å². The van der Waals surface area contributed by atoms with Crippen LogP contribution in [0, 0.1) is 0 Å². The summed E-state index contributed by atoms with van der Waals surface area (Å²) in [6.07, 6.45) is -4.48. The summed E-state index contributed by atoms with van der Waals surface area (Å²) < 4.78 is 51.7. The summed E-state index contributed by atoms with van der Waals surface area (Å²) in [6, 6.07) is 29.9. The summed E-state index contributed by atoms with van der Waals surface area (Å²) in [7, 11) is 3.30. The Morgan fingerprint density at radius 2 is 1.44 bits per heavy atom. The molecular weight excluding hydrogens is 557 g/mol. The van der Waals surface area contributed by atoms with Crippen molar-refractivity contribution in [3.8, 4) is 5.75 Å². The molecule has 0 spiro atoms. The van der Waals surface area contributed by atoms with Gasteiger partial charge in [0, 0.05) is 23.9 Å². The van der Waals surface area contributed by atoms with Crippen LogP contribution < -0.4 is 9.64 Å². The number of ether oxygens (including phenoxy) is 2. The molecule has 0 aliphatic carbocycles. The van der Waals surface area contributed by atoms with E-state index in [4.69, 9.17) is 9.47 Å². The minimum Gasteiger partial charge on any atom is -0.497 e. The van der Waals surface area contributed by atoms with Crippen molar-refractivity contribution in [2.24, 2.45) is 4.99 Å². The van der Waals surface area contributed by atoms with E-state index < -0.39 is 31.1 Å². The Hall–Kier alpha value is -4.60. The number of halogens is 3. The molecule has 0 radical (unpaired) electrons. The molecule has 1 atom stereocenters. The highest BCUT2D eigenvalue weighted by Crippen LogP contribution is 2.38. The minimum absolute atomic E-state index is 0.140. The number of likely N-dealkylation sites (N-methyl/N-ethyl adjacent to an activating group) is 1. The number of rotatable bonds is 12. The van der Waals surface area contributed by atoms with Gasteiger partial charge in [0.05, 0.1) is 24.4 Å². The predicted molar refractivity (Wildman–Crippen MR) is 161 cm³/mol. The van der Waals surface area contributed by atoms with E-state index in [0.717, 1.165) is 23.3 Å². The van der Waals surface area contributed by atoms with Gasteiger partial charge in [-0.3, -0.25) is 4.99 Å². The van der Waals surface area contributed by atoms with Crippen LogP contribution in [0.3, 0.4) is 0 Å². The Bertz CT molecular complexity index is 1510. The van der Waals surface area contributed by atoms with Crippen molar-refractivity contribution in [3.05, 3.63) is 143 Å². The van der Waals surface area contributed by atoms with Crippen LogP contribution in [-0.2, 0) is 17.5 Å². The summed E-state index contributed by atoms with van der Waals surface area (Å²) in [5.41, 5.74) is 2.73. The van der Waals surface area contributed by atoms with Gasteiger partial charge in [-0.15, -0.1) is 0 Å². The van der Waals surface area contributed by atoms with Gasteiger partial charge in [-0.25, -0.2) is 0 Å². The van der Waals surface area contributed by atoms with Crippen LogP contribution in [0.25, 0.3) is 0 Å². The van der Waals surface area contributed by atoms with E-state index in [1.165, 1.54) is 12.1 Å². The molecule has 0 amide bonds. The molecule has 0 saturated carbocycles. The van der Waals surface area contributed by atoms with Crippen molar-refractivity contribution in [2.75, 3.05) is 32.4 Å². The molecule has 1 unspecified atom stereocenters. The summed E-state index contributed by atoms with van der Waals surface area (Å²) in [6.45, 7) is -0.929. The Morgan fingerprint density at radius 1 is 0.837 bits per heavy atom. The second kappa shape index (κ2) is 14.5. The van der Waals surface area contributed by atoms with Gasteiger partial charge in [-0.1, -0.05) is 60.7 Å². The van der Waals surface area contributed by atoms with E-state index in [9.17, 15) is 23.4 Å². The topological polar surface area (TPSA) is 74.5 Å². The summed E-state index contributed by atoms with van der Waals surface area (Å²) in [5, 5.41) is 20.8. The van der Waals surface area contributed by atoms with Gasteiger partial charge in [-0.05, 0) is 59.7 Å². The van der Waals surface area contributed by atoms with E-state index >= 15 is 0 Å². The second-order valence-electron chi connectivity index (χ2n) is 9.61. The number of methoxy groups -OCH3 is 1. The highest BCUT2D eigenvalue weighted by molar-refractivity contribution is 6.14. The largest absolute Gasteiger partial charge is 0.497 e. The first-order chi connectivity index (χ1) is 20.8. The molecule has 4 aromatic rings. The number of hydrogen-bond acceptors (Lipinski definition) is 6. The molecule has 0 aromatic heterocycles. The summed E-state index contributed by atoms with van der Waals surface area (Å²) >= 11 is 0. The quantitative estimate of drug-likeness (QED) is 0.140. The highest BCUT2D eigenvalue weighted by Gasteiger charge is 2.33. The minimum atomic E-state index is -4.48. The van der Waals surface area contributed by atoms with Crippen molar-refractivity contribution < 1.29 is 32.9 Å². The van der Waals surface area contributed by atoms with Gasteiger partial charge in [0.1, 0.15) is 31.5 Å². The maximum absolute atomic E-state index is 13.4. The lowest BCUT2D eigenvalue weighted by atomic mass is 9.88. The molecule has 43 heavy (non-hydrogen) atoms. The van der Waals surface area contributed by atoms with Crippen molar-refractivity contribution >= 4 is 11.4 Å². The Morgan fingerprint density at radius 3 is 1.98 bits per heavy atom. The normalized spacial score (nSPS) is 13.2. The zero-order chi connectivity index (χ0) is 30.8.